The van der Waals surface area contributed by atoms with Crippen LogP contribution in [0.25, 0.3) is 0 Å². The van der Waals surface area contributed by atoms with Crippen molar-refractivity contribution in [1.29, 1.82) is 0 Å². The molecule has 20 heavy (non-hydrogen) atoms. The lowest BCUT2D eigenvalue weighted by molar-refractivity contribution is 0.0605. The van der Waals surface area contributed by atoms with E-state index in [1.165, 1.54) is 16.7 Å². The first-order valence-electron chi connectivity index (χ1n) is 6.89. The highest BCUT2D eigenvalue weighted by Crippen LogP contribution is 2.24. The molecule has 2 aromatic rings. The zero-order valence-electron chi connectivity index (χ0n) is 12.3. The Hall–Kier alpha value is -1.31. The molecule has 0 spiro atoms. The Balaban J connectivity index is 2.16. The van der Waals surface area contributed by atoms with Crippen molar-refractivity contribution >= 4 is 11.6 Å². The Labute approximate surface area is 126 Å². The van der Waals surface area contributed by atoms with Crippen molar-refractivity contribution in [2.24, 2.45) is 0 Å². The molecule has 2 aromatic carbocycles. The quantitative estimate of drug-likeness (QED) is 0.879. The number of hydrogen-bond donors (Lipinski definition) is 1. The van der Waals surface area contributed by atoms with Crippen molar-refractivity contribution in [2.45, 2.75) is 39.2 Å². The molecule has 0 bridgehead atoms. The molecule has 2 heteroatoms. The van der Waals surface area contributed by atoms with Gasteiger partial charge >= 0.3 is 0 Å². The number of benzene rings is 2. The van der Waals surface area contributed by atoms with Crippen LogP contribution in [0.5, 0.6) is 0 Å². The van der Waals surface area contributed by atoms with Gasteiger partial charge in [-0.2, -0.15) is 0 Å². The minimum atomic E-state index is -0.759. The minimum absolute atomic E-state index is 0.623. The molecule has 0 amide bonds. The molecule has 1 atom stereocenters. The van der Waals surface area contributed by atoms with E-state index in [9.17, 15) is 5.11 Å². The van der Waals surface area contributed by atoms with Crippen LogP contribution < -0.4 is 0 Å². The van der Waals surface area contributed by atoms with Gasteiger partial charge in [0.25, 0.3) is 0 Å². The van der Waals surface area contributed by atoms with Crippen molar-refractivity contribution in [3.63, 3.8) is 0 Å². The van der Waals surface area contributed by atoms with Crippen LogP contribution >= 0.6 is 11.6 Å². The maximum atomic E-state index is 10.7. The van der Waals surface area contributed by atoms with Crippen LogP contribution in [0.4, 0.5) is 0 Å². The smallest absolute Gasteiger partial charge is 0.0700 e. The third-order valence-corrected chi connectivity index (χ3v) is 3.95. The third-order valence-electron chi connectivity index (χ3n) is 3.70. The molecule has 1 N–H and O–H groups in total. The maximum Gasteiger partial charge on any atom is 0.0700 e. The van der Waals surface area contributed by atoms with E-state index in [4.69, 9.17) is 11.6 Å². The van der Waals surface area contributed by atoms with Crippen LogP contribution in [0.15, 0.2) is 42.5 Å². The van der Waals surface area contributed by atoms with Gasteiger partial charge < -0.3 is 5.11 Å². The monoisotopic (exact) mass is 288 g/mol. The van der Waals surface area contributed by atoms with Gasteiger partial charge in [-0.05, 0) is 55.2 Å². The zero-order valence-corrected chi connectivity index (χ0v) is 13.0. The molecule has 0 aliphatic heterocycles. The molecule has 1 nitrogen and oxygen atoms in total. The summed E-state index contributed by atoms with van der Waals surface area (Å²) in [6.45, 7) is 6.09. The Bertz CT molecular complexity index is 565. The van der Waals surface area contributed by atoms with E-state index in [2.05, 4.69) is 32.0 Å². The highest BCUT2D eigenvalue weighted by Gasteiger charge is 2.23. The lowest BCUT2D eigenvalue weighted by Crippen LogP contribution is -2.30. The number of aryl methyl sites for hydroxylation is 2. The first-order chi connectivity index (χ1) is 9.37. The molecule has 106 valence electrons. The van der Waals surface area contributed by atoms with Crippen molar-refractivity contribution in [3.8, 4) is 0 Å². The van der Waals surface area contributed by atoms with Crippen molar-refractivity contribution in [3.05, 3.63) is 69.7 Å². The second-order valence-electron chi connectivity index (χ2n) is 5.85. The van der Waals surface area contributed by atoms with Crippen LogP contribution in [0.1, 0.15) is 29.2 Å². The van der Waals surface area contributed by atoms with E-state index in [-0.39, 0.29) is 0 Å². The third kappa shape index (κ3) is 3.84. The first-order valence-corrected chi connectivity index (χ1v) is 7.27. The van der Waals surface area contributed by atoms with Gasteiger partial charge in [0.1, 0.15) is 0 Å². The van der Waals surface area contributed by atoms with Gasteiger partial charge in [0.15, 0.2) is 0 Å². The number of rotatable bonds is 4. The van der Waals surface area contributed by atoms with Crippen LogP contribution in [-0.4, -0.2) is 10.7 Å². The molecular formula is C18H21ClO. The fourth-order valence-electron chi connectivity index (χ4n) is 2.61. The normalized spacial score (nSPS) is 14.1. The number of aliphatic hydroxyl groups is 1. The van der Waals surface area contributed by atoms with Gasteiger partial charge in [-0.3, -0.25) is 0 Å². The molecule has 0 fully saturated rings. The second kappa shape index (κ2) is 5.99. The van der Waals surface area contributed by atoms with Crippen molar-refractivity contribution in [2.75, 3.05) is 0 Å². The summed E-state index contributed by atoms with van der Waals surface area (Å²) in [6, 6.07) is 13.9. The highest BCUT2D eigenvalue weighted by atomic mass is 35.5. The molecule has 0 aliphatic carbocycles. The summed E-state index contributed by atoms with van der Waals surface area (Å²) < 4.78 is 0. The fraction of sp³-hybridized carbons (Fsp3) is 0.333. The van der Waals surface area contributed by atoms with Gasteiger partial charge in [-0.1, -0.05) is 41.9 Å². The van der Waals surface area contributed by atoms with Crippen LogP contribution in [0.3, 0.4) is 0 Å². The zero-order chi connectivity index (χ0) is 14.8. The summed E-state index contributed by atoms with van der Waals surface area (Å²) in [7, 11) is 0. The standard InChI is InChI=1S/C18H21ClO/c1-13-5-4-6-14(2)17(13)12-18(3,20)11-15-7-9-16(19)10-8-15/h4-10,20H,11-12H2,1-3H3. The molecule has 1 unspecified atom stereocenters. The van der Waals surface area contributed by atoms with Gasteiger partial charge in [0, 0.05) is 17.9 Å². The Morgan fingerprint density at radius 1 is 0.950 bits per heavy atom. The van der Waals surface area contributed by atoms with Crippen LogP contribution in [-0.2, 0) is 12.8 Å². The predicted octanol–water partition coefficient (Wildman–Crippen LogP) is 4.49. The van der Waals surface area contributed by atoms with Crippen LogP contribution in [0.2, 0.25) is 5.02 Å². The Morgan fingerprint density at radius 2 is 1.50 bits per heavy atom. The maximum absolute atomic E-state index is 10.7. The van der Waals surface area contributed by atoms with Gasteiger partial charge in [-0.15, -0.1) is 0 Å². The topological polar surface area (TPSA) is 20.2 Å². The number of hydrogen-bond acceptors (Lipinski definition) is 1. The van der Waals surface area contributed by atoms with E-state index in [0.29, 0.717) is 12.8 Å². The van der Waals surface area contributed by atoms with Crippen molar-refractivity contribution < 1.29 is 5.11 Å². The highest BCUT2D eigenvalue weighted by molar-refractivity contribution is 6.30. The average Bonchev–Trinajstić information content (AvgIpc) is 2.37. The van der Waals surface area contributed by atoms with E-state index >= 15 is 0 Å². The molecule has 0 aliphatic rings. The predicted molar refractivity (Wildman–Crippen MR) is 85.4 cm³/mol. The van der Waals surface area contributed by atoms with Crippen LogP contribution in [0, 0.1) is 13.8 Å². The average molecular weight is 289 g/mol. The second-order valence-corrected chi connectivity index (χ2v) is 6.28. The molecule has 0 saturated carbocycles. The Kier molecular flexibility index (Phi) is 4.52. The van der Waals surface area contributed by atoms with E-state index < -0.39 is 5.60 Å². The van der Waals surface area contributed by atoms with Gasteiger partial charge in [0.05, 0.1) is 5.60 Å². The van der Waals surface area contributed by atoms with Gasteiger partial charge in [0.2, 0.25) is 0 Å². The van der Waals surface area contributed by atoms with E-state index in [0.717, 1.165) is 10.6 Å². The summed E-state index contributed by atoms with van der Waals surface area (Å²) in [4.78, 5) is 0. The summed E-state index contributed by atoms with van der Waals surface area (Å²) in [5, 5.41) is 11.4. The minimum Gasteiger partial charge on any atom is -0.389 e. The SMILES string of the molecule is Cc1cccc(C)c1CC(C)(O)Cc1ccc(Cl)cc1. The largest absolute Gasteiger partial charge is 0.389 e. The molecule has 0 aromatic heterocycles. The summed E-state index contributed by atoms with van der Waals surface area (Å²) >= 11 is 5.89. The first kappa shape index (κ1) is 15.1. The van der Waals surface area contributed by atoms with Gasteiger partial charge in [-0.25, -0.2) is 0 Å². The Morgan fingerprint density at radius 3 is 2.05 bits per heavy atom. The lowest BCUT2D eigenvalue weighted by atomic mass is 9.86. The fourth-order valence-corrected chi connectivity index (χ4v) is 2.74. The summed E-state index contributed by atoms with van der Waals surface area (Å²) in [5.41, 5.74) is 4.06. The van der Waals surface area contributed by atoms with E-state index in [1.807, 2.05) is 31.2 Å². The summed E-state index contributed by atoms with van der Waals surface area (Å²) in [5.74, 6) is 0. The number of halogens is 1. The van der Waals surface area contributed by atoms with Crippen molar-refractivity contribution in [1.82, 2.24) is 0 Å². The molecule has 0 saturated heterocycles. The molecular weight excluding hydrogens is 268 g/mol. The lowest BCUT2D eigenvalue weighted by Gasteiger charge is -2.25. The molecule has 0 heterocycles. The molecule has 0 radical (unpaired) electrons. The van der Waals surface area contributed by atoms with E-state index in [1.54, 1.807) is 0 Å². The summed E-state index contributed by atoms with van der Waals surface area (Å²) in [6.07, 6.45) is 1.28. The molecule has 2 rings (SSSR count).